The summed E-state index contributed by atoms with van der Waals surface area (Å²) >= 11 is 0. The number of phenolic OH excluding ortho intramolecular Hbond substituents is 1. The molecule has 0 aliphatic rings. The van der Waals surface area contributed by atoms with Gasteiger partial charge in [-0.15, -0.1) is 0 Å². The van der Waals surface area contributed by atoms with E-state index < -0.39 is 0 Å². The molecule has 0 saturated heterocycles. The predicted octanol–water partition coefficient (Wildman–Crippen LogP) is 2.94. The van der Waals surface area contributed by atoms with E-state index in [1.54, 1.807) is 19.2 Å². The van der Waals surface area contributed by atoms with Crippen LogP contribution >= 0.6 is 0 Å². The Labute approximate surface area is 104 Å². The second-order valence-corrected chi connectivity index (χ2v) is 3.96. The first-order valence-corrected chi connectivity index (χ1v) is 5.60. The van der Waals surface area contributed by atoms with Gasteiger partial charge in [-0.25, -0.2) is 4.98 Å². The maximum absolute atomic E-state index is 9.74. The summed E-state index contributed by atoms with van der Waals surface area (Å²) in [6.07, 6.45) is 0. The molecule has 0 aliphatic carbocycles. The van der Waals surface area contributed by atoms with Crippen molar-refractivity contribution in [3.63, 3.8) is 0 Å². The van der Waals surface area contributed by atoms with Crippen molar-refractivity contribution in [2.45, 2.75) is 0 Å². The molecule has 0 fully saturated rings. The highest BCUT2D eigenvalue weighted by molar-refractivity contribution is 5.85. The predicted molar refractivity (Wildman–Crippen MR) is 69.7 cm³/mol. The van der Waals surface area contributed by atoms with Crippen LogP contribution in [0.25, 0.3) is 22.4 Å². The largest absolute Gasteiger partial charge is 0.506 e. The molecule has 3 rings (SSSR count). The maximum Gasteiger partial charge on any atom is 0.143 e. The van der Waals surface area contributed by atoms with Gasteiger partial charge in [0.05, 0.1) is 18.2 Å². The van der Waals surface area contributed by atoms with Gasteiger partial charge in [-0.1, -0.05) is 18.2 Å². The van der Waals surface area contributed by atoms with Crippen LogP contribution in [0.3, 0.4) is 0 Å². The summed E-state index contributed by atoms with van der Waals surface area (Å²) in [5, 5.41) is 9.74. The first kappa shape index (κ1) is 10.7. The Bertz CT molecular complexity index is 704. The SMILES string of the molecule is COc1ccccc1-c1nc2c(O)cccc2[nH]1. The van der Waals surface area contributed by atoms with Gasteiger partial charge in [0.15, 0.2) is 0 Å². The molecule has 90 valence electrons. The molecule has 0 saturated carbocycles. The molecule has 1 heterocycles. The van der Waals surface area contributed by atoms with Crippen LogP contribution in [0.15, 0.2) is 42.5 Å². The number of methoxy groups -OCH3 is 1. The van der Waals surface area contributed by atoms with Crippen molar-refractivity contribution < 1.29 is 9.84 Å². The topological polar surface area (TPSA) is 58.1 Å². The fourth-order valence-corrected chi connectivity index (χ4v) is 1.98. The van der Waals surface area contributed by atoms with E-state index in [0.29, 0.717) is 11.3 Å². The number of aromatic amines is 1. The van der Waals surface area contributed by atoms with E-state index >= 15 is 0 Å². The van der Waals surface area contributed by atoms with Crippen LogP contribution in [-0.4, -0.2) is 22.2 Å². The lowest BCUT2D eigenvalue weighted by Gasteiger charge is -2.04. The smallest absolute Gasteiger partial charge is 0.143 e. The summed E-state index contributed by atoms with van der Waals surface area (Å²) in [6, 6.07) is 12.9. The lowest BCUT2D eigenvalue weighted by atomic mass is 10.2. The van der Waals surface area contributed by atoms with Crippen molar-refractivity contribution in [2.24, 2.45) is 0 Å². The Morgan fingerprint density at radius 3 is 2.72 bits per heavy atom. The number of H-pyrrole nitrogens is 1. The van der Waals surface area contributed by atoms with Crippen molar-refractivity contribution in [1.82, 2.24) is 9.97 Å². The van der Waals surface area contributed by atoms with E-state index in [-0.39, 0.29) is 5.75 Å². The normalized spacial score (nSPS) is 10.7. The van der Waals surface area contributed by atoms with Crippen LogP contribution in [0.1, 0.15) is 0 Å². The number of benzene rings is 2. The molecule has 0 unspecified atom stereocenters. The lowest BCUT2D eigenvalue weighted by Crippen LogP contribution is -1.88. The van der Waals surface area contributed by atoms with E-state index in [9.17, 15) is 5.11 Å². The molecular formula is C14H12N2O2. The molecule has 0 aliphatic heterocycles. The highest BCUT2D eigenvalue weighted by Crippen LogP contribution is 2.31. The number of fused-ring (bicyclic) bond motifs is 1. The highest BCUT2D eigenvalue weighted by atomic mass is 16.5. The third kappa shape index (κ3) is 1.59. The minimum Gasteiger partial charge on any atom is -0.506 e. The number of para-hydroxylation sites is 2. The summed E-state index contributed by atoms with van der Waals surface area (Å²) in [5.41, 5.74) is 2.24. The van der Waals surface area contributed by atoms with Crippen LogP contribution in [0.2, 0.25) is 0 Å². The van der Waals surface area contributed by atoms with Gasteiger partial charge in [-0.3, -0.25) is 0 Å². The first-order valence-electron chi connectivity index (χ1n) is 5.60. The summed E-state index contributed by atoms with van der Waals surface area (Å²) < 4.78 is 5.30. The Balaban J connectivity index is 2.23. The Morgan fingerprint density at radius 2 is 1.94 bits per heavy atom. The summed E-state index contributed by atoms with van der Waals surface area (Å²) in [4.78, 5) is 7.58. The summed E-state index contributed by atoms with van der Waals surface area (Å²) in [7, 11) is 1.62. The van der Waals surface area contributed by atoms with Gasteiger partial charge in [0.25, 0.3) is 0 Å². The number of imidazole rings is 1. The quantitative estimate of drug-likeness (QED) is 0.724. The van der Waals surface area contributed by atoms with E-state index in [2.05, 4.69) is 9.97 Å². The Morgan fingerprint density at radius 1 is 1.11 bits per heavy atom. The lowest BCUT2D eigenvalue weighted by molar-refractivity contribution is 0.416. The van der Waals surface area contributed by atoms with Crippen LogP contribution in [0.5, 0.6) is 11.5 Å². The number of phenols is 1. The van der Waals surface area contributed by atoms with E-state index in [4.69, 9.17) is 4.74 Å². The Kier molecular flexibility index (Phi) is 2.41. The average molecular weight is 240 g/mol. The minimum absolute atomic E-state index is 0.171. The van der Waals surface area contributed by atoms with Gasteiger partial charge in [-0.05, 0) is 24.3 Å². The molecule has 18 heavy (non-hydrogen) atoms. The molecule has 0 radical (unpaired) electrons. The molecule has 0 atom stereocenters. The summed E-state index contributed by atoms with van der Waals surface area (Å²) in [6.45, 7) is 0. The number of aromatic nitrogens is 2. The summed E-state index contributed by atoms with van der Waals surface area (Å²) in [5.74, 6) is 1.60. The van der Waals surface area contributed by atoms with Crippen molar-refractivity contribution in [2.75, 3.05) is 7.11 Å². The highest BCUT2D eigenvalue weighted by Gasteiger charge is 2.11. The van der Waals surface area contributed by atoms with Crippen molar-refractivity contribution in [3.05, 3.63) is 42.5 Å². The number of nitrogens with zero attached hydrogens (tertiary/aromatic N) is 1. The number of nitrogens with one attached hydrogen (secondary N) is 1. The van der Waals surface area contributed by atoms with Crippen molar-refractivity contribution in [1.29, 1.82) is 0 Å². The molecule has 2 aromatic carbocycles. The van der Waals surface area contributed by atoms with Gasteiger partial charge >= 0.3 is 0 Å². The first-order chi connectivity index (χ1) is 8.79. The molecule has 0 amide bonds. The van der Waals surface area contributed by atoms with Gasteiger partial charge in [0, 0.05) is 0 Å². The molecule has 2 N–H and O–H groups in total. The third-order valence-electron chi connectivity index (χ3n) is 2.85. The second kappa shape index (κ2) is 4.07. The number of ether oxygens (including phenoxy) is 1. The second-order valence-electron chi connectivity index (χ2n) is 3.96. The molecule has 0 spiro atoms. The number of aromatic hydroxyl groups is 1. The monoisotopic (exact) mass is 240 g/mol. The van der Waals surface area contributed by atoms with E-state index in [1.807, 2.05) is 30.3 Å². The van der Waals surface area contributed by atoms with Crippen molar-refractivity contribution in [3.8, 4) is 22.9 Å². The molecular weight excluding hydrogens is 228 g/mol. The number of rotatable bonds is 2. The van der Waals surface area contributed by atoms with Gasteiger partial charge < -0.3 is 14.8 Å². The zero-order valence-corrected chi connectivity index (χ0v) is 9.84. The Hall–Kier alpha value is -2.49. The molecule has 1 aromatic heterocycles. The number of hydrogen-bond donors (Lipinski definition) is 2. The third-order valence-corrected chi connectivity index (χ3v) is 2.85. The van der Waals surface area contributed by atoms with Gasteiger partial charge in [0.2, 0.25) is 0 Å². The van der Waals surface area contributed by atoms with E-state index in [0.717, 1.165) is 16.8 Å². The maximum atomic E-state index is 9.74. The van der Waals surface area contributed by atoms with Gasteiger partial charge in [0.1, 0.15) is 22.8 Å². The van der Waals surface area contributed by atoms with Crippen LogP contribution < -0.4 is 4.74 Å². The van der Waals surface area contributed by atoms with Crippen LogP contribution in [0.4, 0.5) is 0 Å². The zero-order valence-electron chi connectivity index (χ0n) is 9.84. The molecule has 0 bridgehead atoms. The molecule has 4 heteroatoms. The van der Waals surface area contributed by atoms with Gasteiger partial charge in [-0.2, -0.15) is 0 Å². The number of hydrogen-bond acceptors (Lipinski definition) is 3. The van der Waals surface area contributed by atoms with E-state index in [1.165, 1.54) is 0 Å². The average Bonchev–Trinajstić information content (AvgIpc) is 2.84. The zero-order chi connectivity index (χ0) is 12.5. The van der Waals surface area contributed by atoms with Crippen LogP contribution in [0, 0.1) is 0 Å². The minimum atomic E-state index is 0.171. The fourth-order valence-electron chi connectivity index (χ4n) is 1.98. The van der Waals surface area contributed by atoms with Crippen molar-refractivity contribution >= 4 is 11.0 Å². The molecule has 3 aromatic rings. The molecule has 4 nitrogen and oxygen atoms in total. The fraction of sp³-hybridized carbons (Fsp3) is 0.0714. The standard InChI is InChI=1S/C14H12N2O2/c1-18-12-8-3-2-5-9(12)14-15-10-6-4-7-11(17)13(10)16-14/h2-8,17H,1H3,(H,15,16). The van der Waals surface area contributed by atoms with Crippen LogP contribution in [-0.2, 0) is 0 Å².